The van der Waals surface area contributed by atoms with Gasteiger partial charge in [0.05, 0.1) is 12.5 Å². The van der Waals surface area contributed by atoms with E-state index in [2.05, 4.69) is 5.32 Å². The molecule has 2 aromatic rings. The second kappa shape index (κ2) is 5.46. The van der Waals surface area contributed by atoms with Crippen LogP contribution in [0.3, 0.4) is 0 Å². The van der Waals surface area contributed by atoms with Crippen LogP contribution >= 0.6 is 11.6 Å². The Balaban J connectivity index is 2.08. The Morgan fingerprint density at radius 1 is 1.45 bits per heavy atom. The number of benzene rings is 1. The topological polar surface area (TPSA) is 71.3 Å². The van der Waals surface area contributed by atoms with Crippen LogP contribution in [0, 0.1) is 5.82 Å². The summed E-state index contributed by atoms with van der Waals surface area (Å²) in [6.45, 7) is 0.226. The molecule has 114 valence electrons. The normalized spacial score (nSPS) is 17.0. The van der Waals surface area contributed by atoms with Gasteiger partial charge in [-0.25, -0.2) is 4.39 Å². The van der Waals surface area contributed by atoms with Gasteiger partial charge in [0.1, 0.15) is 11.5 Å². The van der Waals surface area contributed by atoms with Gasteiger partial charge in [0.25, 0.3) is 5.91 Å². The Labute approximate surface area is 130 Å². The molecule has 1 aliphatic heterocycles. The summed E-state index contributed by atoms with van der Waals surface area (Å²) in [5.74, 6) is -1.73. The fraction of sp³-hybridized carbons (Fsp3) is 0.200. The van der Waals surface area contributed by atoms with Gasteiger partial charge < -0.3 is 15.0 Å². The Morgan fingerprint density at radius 2 is 2.23 bits per heavy atom. The molecule has 0 bridgehead atoms. The molecule has 0 saturated carbocycles. The number of hydrogen-bond acceptors (Lipinski definition) is 2. The Hall–Kier alpha value is -2.34. The highest BCUT2D eigenvalue weighted by Gasteiger charge is 2.27. The largest absolute Gasteiger partial charge is 0.481 e. The molecule has 0 radical (unpaired) electrons. The van der Waals surface area contributed by atoms with Gasteiger partial charge in [0.2, 0.25) is 0 Å². The van der Waals surface area contributed by atoms with Crippen molar-refractivity contribution in [2.24, 2.45) is 0 Å². The van der Waals surface area contributed by atoms with Gasteiger partial charge in [-0.05, 0) is 24.3 Å². The lowest BCUT2D eigenvalue weighted by molar-refractivity contribution is -0.137. The van der Waals surface area contributed by atoms with Crippen molar-refractivity contribution in [3.05, 3.63) is 47.0 Å². The third-order valence-corrected chi connectivity index (χ3v) is 3.86. The van der Waals surface area contributed by atoms with Crippen molar-refractivity contribution in [3.8, 4) is 11.1 Å². The molecule has 2 heterocycles. The zero-order valence-corrected chi connectivity index (χ0v) is 12.1. The van der Waals surface area contributed by atoms with Crippen LogP contribution in [0.15, 0.2) is 30.5 Å². The van der Waals surface area contributed by atoms with Crippen LogP contribution in [0.2, 0.25) is 5.02 Å². The fourth-order valence-electron chi connectivity index (χ4n) is 2.60. The fourth-order valence-corrected chi connectivity index (χ4v) is 2.77. The smallest absolute Gasteiger partial charge is 0.305 e. The predicted molar refractivity (Wildman–Crippen MR) is 78.5 cm³/mol. The average Bonchev–Trinajstić information content (AvgIpc) is 2.90. The van der Waals surface area contributed by atoms with Crippen molar-refractivity contribution >= 4 is 23.5 Å². The average molecular weight is 323 g/mol. The van der Waals surface area contributed by atoms with E-state index in [1.165, 1.54) is 24.3 Å². The number of carbonyl (C=O) groups excluding carboxylic acids is 1. The first-order valence-electron chi connectivity index (χ1n) is 6.63. The number of carboxylic acids is 1. The van der Waals surface area contributed by atoms with Crippen molar-refractivity contribution in [1.82, 2.24) is 9.88 Å². The van der Waals surface area contributed by atoms with Crippen LogP contribution in [0.1, 0.15) is 23.0 Å². The van der Waals surface area contributed by atoms with E-state index in [1.54, 1.807) is 10.8 Å². The maximum atomic E-state index is 14.0. The van der Waals surface area contributed by atoms with Gasteiger partial charge in [-0.15, -0.1) is 0 Å². The number of carboxylic acid groups (broad SMARTS) is 1. The third-order valence-electron chi connectivity index (χ3n) is 3.62. The molecule has 1 aromatic heterocycles. The standard InChI is InChI=1S/C15H12ClFN2O3/c16-9-1-2-12(17)11(4-9)8-3-13-15(22)18-6-10(5-14(20)21)19(13)7-8/h1-4,7,10H,5-6H2,(H,18,22)(H,20,21). The van der Waals surface area contributed by atoms with Gasteiger partial charge >= 0.3 is 5.97 Å². The molecule has 5 nitrogen and oxygen atoms in total. The highest BCUT2D eigenvalue weighted by atomic mass is 35.5. The summed E-state index contributed by atoms with van der Waals surface area (Å²) >= 11 is 5.89. The van der Waals surface area contributed by atoms with Gasteiger partial charge in [-0.1, -0.05) is 11.6 Å². The van der Waals surface area contributed by atoms with E-state index in [0.717, 1.165) is 0 Å². The second-order valence-corrected chi connectivity index (χ2v) is 5.54. The van der Waals surface area contributed by atoms with Crippen molar-refractivity contribution < 1.29 is 19.1 Å². The molecule has 1 aliphatic rings. The number of nitrogens with zero attached hydrogens (tertiary/aromatic N) is 1. The first kappa shape index (κ1) is 14.6. The third kappa shape index (κ3) is 2.57. The number of amides is 1. The van der Waals surface area contributed by atoms with E-state index in [4.69, 9.17) is 16.7 Å². The molecule has 2 N–H and O–H groups in total. The number of carbonyl (C=O) groups is 2. The molecule has 0 saturated heterocycles. The Morgan fingerprint density at radius 3 is 2.95 bits per heavy atom. The van der Waals surface area contributed by atoms with Gasteiger partial charge in [-0.3, -0.25) is 9.59 Å². The number of hydrogen-bond donors (Lipinski definition) is 2. The maximum Gasteiger partial charge on any atom is 0.305 e. The Bertz CT molecular complexity index is 772. The number of nitrogens with one attached hydrogen (secondary N) is 1. The number of fused-ring (bicyclic) bond motifs is 1. The van der Waals surface area contributed by atoms with Crippen molar-refractivity contribution in [2.75, 3.05) is 6.54 Å². The minimum Gasteiger partial charge on any atom is -0.481 e. The van der Waals surface area contributed by atoms with E-state index in [9.17, 15) is 14.0 Å². The van der Waals surface area contributed by atoms with Crippen LogP contribution in [0.25, 0.3) is 11.1 Å². The lowest BCUT2D eigenvalue weighted by Gasteiger charge is -2.25. The molecule has 0 fully saturated rings. The van der Waals surface area contributed by atoms with E-state index in [0.29, 0.717) is 16.3 Å². The number of aliphatic carboxylic acids is 1. The molecule has 0 aliphatic carbocycles. The molecular weight excluding hydrogens is 311 g/mol. The van der Waals surface area contributed by atoms with E-state index in [-0.39, 0.29) is 24.4 Å². The summed E-state index contributed by atoms with van der Waals surface area (Å²) in [6, 6.07) is 5.31. The number of rotatable bonds is 3. The molecule has 1 amide bonds. The SMILES string of the molecule is O=C(O)CC1CNC(=O)c2cc(-c3cc(Cl)ccc3F)cn21. The predicted octanol–water partition coefficient (Wildman–Crippen LogP) is 2.71. The molecule has 1 aromatic carbocycles. The van der Waals surface area contributed by atoms with Crippen LogP contribution in [0.5, 0.6) is 0 Å². The zero-order chi connectivity index (χ0) is 15.9. The zero-order valence-electron chi connectivity index (χ0n) is 11.3. The van der Waals surface area contributed by atoms with Crippen molar-refractivity contribution in [2.45, 2.75) is 12.5 Å². The number of aromatic nitrogens is 1. The summed E-state index contributed by atoms with van der Waals surface area (Å²) in [6.07, 6.45) is 1.47. The van der Waals surface area contributed by atoms with Crippen LogP contribution in [-0.4, -0.2) is 28.1 Å². The molecule has 3 rings (SSSR count). The molecular formula is C15H12ClFN2O3. The minimum atomic E-state index is -0.962. The first-order valence-corrected chi connectivity index (χ1v) is 7.01. The van der Waals surface area contributed by atoms with Crippen molar-refractivity contribution in [1.29, 1.82) is 0 Å². The molecule has 22 heavy (non-hydrogen) atoms. The minimum absolute atomic E-state index is 0.126. The van der Waals surface area contributed by atoms with E-state index < -0.39 is 17.8 Å². The van der Waals surface area contributed by atoms with Gasteiger partial charge in [0.15, 0.2) is 0 Å². The van der Waals surface area contributed by atoms with E-state index >= 15 is 0 Å². The van der Waals surface area contributed by atoms with Crippen LogP contribution in [0.4, 0.5) is 4.39 Å². The first-order chi connectivity index (χ1) is 10.5. The maximum absolute atomic E-state index is 14.0. The quantitative estimate of drug-likeness (QED) is 0.912. The molecule has 1 atom stereocenters. The highest BCUT2D eigenvalue weighted by Crippen LogP contribution is 2.31. The Kier molecular flexibility index (Phi) is 3.62. The summed E-state index contributed by atoms with van der Waals surface area (Å²) in [4.78, 5) is 22.8. The summed E-state index contributed by atoms with van der Waals surface area (Å²) < 4.78 is 15.5. The van der Waals surface area contributed by atoms with E-state index in [1.807, 2.05) is 0 Å². The summed E-state index contributed by atoms with van der Waals surface area (Å²) in [5, 5.41) is 12.0. The van der Waals surface area contributed by atoms with Crippen molar-refractivity contribution in [3.63, 3.8) is 0 Å². The lowest BCUT2D eigenvalue weighted by atomic mass is 10.1. The molecule has 1 unspecified atom stereocenters. The highest BCUT2D eigenvalue weighted by molar-refractivity contribution is 6.30. The lowest BCUT2D eigenvalue weighted by Crippen LogP contribution is -2.39. The van der Waals surface area contributed by atoms with Crippen LogP contribution < -0.4 is 5.32 Å². The van der Waals surface area contributed by atoms with Crippen LogP contribution in [-0.2, 0) is 4.79 Å². The molecule has 7 heteroatoms. The molecule has 0 spiro atoms. The number of halogens is 2. The van der Waals surface area contributed by atoms with Gasteiger partial charge in [-0.2, -0.15) is 0 Å². The monoisotopic (exact) mass is 322 g/mol. The summed E-state index contributed by atoms with van der Waals surface area (Å²) in [5.41, 5.74) is 1.07. The second-order valence-electron chi connectivity index (χ2n) is 5.11. The van der Waals surface area contributed by atoms with Gasteiger partial charge in [0, 0.05) is 28.9 Å². The summed E-state index contributed by atoms with van der Waals surface area (Å²) in [7, 11) is 0.